The molecule has 0 aromatic heterocycles. The van der Waals surface area contributed by atoms with Gasteiger partial charge in [0.1, 0.15) is 0 Å². The first-order valence-electron chi connectivity index (χ1n) is 8.40. The van der Waals surface area contributed by atoms with E-state index in [2.05, 4.69) is 10.0 Å². The maximum absolute atomic E-state index is 12.1. The lowest BCUT2D eigenvalue weighted by Gasteiger charge is -2.08. The molecule has 0 saturated carbocycles. The summed E-state index contributed by atoms with van der Waals surface area (Å²) in [6.45, 7) is 2.11. The number of sulfonamides is 1. The van der Waals surface area contributed by atoms with E-state index in [4.69, 9.17) is 11.6 Å². The highest BCUT2D eigenvalue weighted by Gasteiger charge is 2.13. The van der Waals surface area contributed by atoms with E-state index in [-0.39, 0.29) is 42.5 Å². The third kappa shape index (κ3) is 6.78. The van der Waals surface area contributed by atoms with Crippen LogP contribution in [0.3, 0.4) is 0 Å². The van der Waals surface area contributed by atoms with Crippen LogP contribution in [0.2, 0.25) is 5.02 Å². The molecule has 0 aliphatic carbocycles. The lowest BCUT2D eigenvalue weighted by molar-refractivity contribution is -0.121. The van der Waals surface area contributed by atoms with Gasteiger partial charge in [-0.25, -0.2) is 13.1 Å². The molecule has 8 heteroatoms. The van der Waals surface area contributed by atoms with Gasteiger partial charge >= 0.3 is 0 Å². The van der Waals surface area contributed by atoms with Gasteiger partial charge in [-0.15, -0.1) is 0 Å². The van der Waals surface area contributed by atoms with Gasteiger partial charge in [-0.1, -0.05) is 41.4 Å². The molecule has 144 valence electrons. The molecule has 0 saturated heterocycles. The fourth-order valence-electron chi connectivity index (χ4n) is 2.28. The van der Waals surface area contributed by atoms with Crippen LogP contribution in [0.5, 0.6) is 0 Å². The van der Waals surface area contributed by atoms with E-state index in [1.165, 1.54) is 24.3 Å². The first-order chi connectivity index (χ1) is 12.8. The first kappa shape index (κ1) is 21.1. The summed E-state index contributed by atoms with van der Waals surface area (Å²) in [6, 6.07) is 13.0. The maximum atomic E-state index is 12.1. The molecule has 0 atom stereocenters. The Balaban J connectivity index is 1.70. The van der Waals surface area contributed by atoms with Crippen LogP contribution >= 0.6 is 11.6 Å². The van der Waals surface area contributed by atoms with Crippen LogP contribution in [0, 0.1) is 6.92 Å². The molecule has 0 spiro atoms. The average molecular weight is 409 g/mol. The van der Waals surface area contributed by atoms with E-state index in [0.29, 0.717) is 10.6 Å². The smallest absolute Gasteiger partial charge is 0.240 e. The monoisotopic (exact) mass is 408 g/mol. The summed E-state index contributed by atoms with van der Waals surface area (Å²) in [5.74, 6) is -0.408. The molecule has 0 aliphatic rings. The molecular weight excluding hydrogens is 388 g/mol. The number of carbonyl (C=O) groups is 2. The van der Waals surface area contributed by atoms with Crippen molar-refractivity contribution in [3.8, 4) is 0 Å². The van der Waals surface area contributed by atoms with Crippen LogP contribution in [-0.4, -0.2) is 33.2 Å². The standard InChI is InChI=1S/C19H21ClN2O4S/c1-14-2-4-15(5-3-14)18(23)10-11-19(24)21-12-13-22-27(25,26)17-8-6-16(20)7-9-17/h2-9,22H,10-13H2,1H3,(H,21,24). The van der Waals surface area contributed by atoms with Gasteiger partial charge in [0.15, 0.2) is 5.78 Å². The molecule has 0 bridgehead atoms. The van der Waals surface area contributed by atoms with Crippen molar-refractivity contribution in [3.63, 3.8) is 0 Å². The molecule has 0 radical (unpaired) electrons. The van der Waals surface area contributed by atoms with E-state index in [9.17, 15) is 18.0 Å². The Morgan fingerprint density at radius 3 is 2.19 bits per heavy atom. The minimum absolute atomic E-state index is 0.0443. The number of Topliss-reactive ketones (excluding diaryl/α,β-unsaturated/α-hetero) is 1. The van der Waals surface area contributed by atoms with Crippen molar-refractivity contribution < 1.29 is 18.0 Å². The zero-order chi connectivity index (χ0) is 19.9. The van der Waals surface area contributed by atoms with Gasteiger partial charge in [0.2, 0.25) is 15.9 Å². The van der Waals surface area contributed by atoms with Gasteiger partial charge in [0, 0.05) is 36.5 Å². The van der Waals surface area contributed by atoms with Gasteiger partial charge in [0.05, 0.1) is 4.90 Å². The topological polar surface area (TPSA) is 92.3 Å². The van der Waals surface area contributed by atoms with Crippen molar-refractivity contribution in [3.05, 3.63) is 64.7 Å². The average Bonchev–Trinajstić information content (AvgIpc) is 2.64. The van der Waals surface area contributed by atoms with Crippen molar-refractivity contribution in [2.24, 2.45) is 0 Å². The molecule has 6 nitrogen and oxygen atoms in total. The second-order valence-electron chi connectivity index (χ2n) is 5.99. The summed E-state index contributed by atoms with van der Waals surface area (Å²) >= 11 is 5.73. The number of ketones is 1. The molecule has 2 aromatic carbocycles. The molecular formula is C19H21ClN2O4S. The molecule has 0 heterocycles. The van der Waals surface area contributed by atoms with Crippen molar-refractivity contribution in [1.82, 2.24) is 10.0 Å². The molecule has 0 unspecified atom stereocenters. The third-order valence-corrected chi connectivity index (χ3v) is 5.54. The number of hydrogen-bond donors (Lipinski definition) is 2. The fourth-order valence-corrected chi connectivity index (χ4v) is 3.44. The Bertz CT molecular complexity index is 894. The van der Waals surface area contributed by atoms with Gasteiger partial charge in [0.25, 0.3) is 0 Å². The summed E-state index contributed by atoms with van der Waals surface area (Å²) in [5, 5.41) is 3.04. The van der Waals surface area contributed by atoms with Crippen LogP contribution in [-0.2, 0) is 14.8 Å². The number of amides is 1. The lowest BCUT2D eigenvalue weighted by atomic mass is 10.1. The lowest BCUT2D eigenvalue weighted by Crippen LogP contribution is -2.34. The predicted octanol–water partition coefficient (Wildman–Crippen LogP) is 2.71. The van der Waals surface area contributed by atoms with Crippen LogP contribution in [0.1, 0.15) is 28.8 Å². The quantitative estimate of drug-likeness (QED) is 0.493. The second-order valence-corrected chi connectivity index (χ2v) is 8.19. The van der Waals surface area contributed by atoms with E-state index < -0.39 is 10.0 Å². The molecule has 2 aromatic rings. The van der Waals surface area contributed by atoms with E-state index >= 15 is 0 Å². The molecule has 0 fully saturated rings. The van der Waals surface area contributed by atoms with Gasteiger partial charge in [-0.3, -0.25) is 9.59 Å². The summed E-state index contributed by atoms with van der Waals surface area (Å²) in [7, 11) is -3.65. The van der Waals surface area contributed by atoms with E-state index in [1.54, 1.807) is 12.1 Å². The predicted molar refractivity (Wildman–Crippen MR) is 104 cm³/mol. The first-order valence-corrected chi connectivity index (χ1v) is 10.3. The Labute approximate surface area is 164 Å². The van der Waals surface area contributed by atoms with Crippen molar-refractivity contribution in [1.29, 1.82) is 0 Å². The van der Waals surface area contributed by atoms with Crippen molar-refractivity contribution in [2.45, 2.75) is 24.7 Å². The Kier molecular flexibility index (Phi) is 7.53. The van der Waals surface area contributed by atoms with Crippen LogP contribution in [0.25, 0.3) is 0 Å². The largest absolute Gasteiger partial charge is 0.355 e. The SMILES string of the molecule is Cc1ccc(C(=O)CCC(=O)NCCNS(=O)(=O)c2ccc(Cl)cc2)cc1. The Morgan fingerprint density at radius 1 is 0.926 bits per heavy atom. The Morgan fingerprint density at radius 2 is 1.56 bits per heavy atom. The number of benzene rings is 2. The van der Waals surface area contributed by atoms with Gasteiger partial charge < -0.3 is 5.32 Å². The normalized spacial score (nSPS) is 11.2. The van der Waals surface area contributed by atoms with E-state index in [0.717, 1.165) is 5.56 Å². The highest BCUT2D eigenvalue weighted by molar-refractivity contribution is 7.89. The zero-order valence-corrected chi connectivity index (χ0v) is 16.4. The summed E-state index contributed by atoms with van der Waals surface area (Å²) in [4.78, 5) is 23.9. The summed E-state index contributed by atoms with van der Waals surface area (Å²) in [5.41, 5.74) is 1.63. The van der Waals surface area contributed by atoms with Crippen molar-refractivity contribution >= 4 is 33.3 Å². The summed E-state index contributed by atoms with van der Waals surface area (Å²) < 4.78 is 26.5. The minimum Gasteiger partial charge on any atom is -0.355 e. The number of halogens is 1. The van der Waals surface area contributed by atoms with E-state index in [1.807, 2.05) is 19.1 Å². The number of aryl methyl sites for hydroxylation is 1. The maximum Gasteiger partial charge on any atom is 0.240 e. The molecule has 1 amide bonds. The molecule has 2 N–H and O–H groups in total. The van der Waals surface area contributed by atoms with Crippen LogP contribution in [0.4, 0.5) is 0 Å². The number of rotatable bonds is 9. The van der Waals surface area contributed by atoms with Gasteiger partial charge in [-0.2, -0.15) is 0 Å². The third-order valence-electron chi connectivity index (χ3n) is 3.82. The fraction of sp³-hybridized carbons (Fsp3) is 0.263. The summed E-state index contributed by atoms with van der Waals surface area (Å²) in [6.07, 6.45) is 0.155. The van der Waals surface area contributed by atoms with Crippen LogP contribution in [0.15, 0.2) is 53.4 Å². The second kappa shape index (κ2) is 9.64. The van der Waals surface area contributed by atoms with Crippen molar-refractivity contribution in [2.75, 3.05) is 13.1 Å². The Hall–Kier alpha value is -2.22. The molecule has 2 rings (SSSR count). The minimum atomic E-state index is -3.65. The number of carbonyl (C=O) groups excluding carboxylic acids is 2. The number of nitrogens with one attached hydrogen (secondary N) is 2. The molecule has 27 heavy (non-hydrogen) atoms. The highest BCUT2D eigenvalue weighted by Crippen LogP contribution is 2.13. The zero-order valence-electron chi connectivity index (χ0n) is 14.9. The molecule has 0 aliphatic heterocycles. The van der Waals surface area contributed by atoms with Gasteiger partial charge in [-0.05, 0) is 31.2 Å². The number of hydrogen-bond acceptors (Lipinski definition) is 4. The highest BCUT2D eigenvalue weighted by atomic mass is 35.5. The van der Waals surface area contributed by atoms with Crippen LogP contribution < -0.4 is 10.0 Å².